The maximum atomic E-state index is 12.0. The van der Waals surface area contributed by atoms with Crippen LogP contribution in [0.2, 0.25) is 0 Å². The number of rotatable bonds is 6. The molecule has 0 atom stereocenters. The van der Waals surface area contributed by atoms with Gasteiger partial charge in [0.15, 0.2) is 0 Å². The van der Waals surface area contributed by atoms with E-state index in [1.165, 1.54) is 0 Å². The quantitative estimate of drug-likeness (QED) is 0.769. The van der Waals surface area contributed by atoms with Gasteiger partial charge in [0.25, 0.3) is 0 Å². The molecule has 1 rings (SSSR count). The van der Waals surface area contributed by atoms with E-state index in [1.54, 1.807) is 11.9 Å². The number of hydrogen-bond acceptors (Lipinski definition) is 3. The highest BCUT2D eigenvalue weighted by Crippen LogP contribution is 2.24. The van der Waals surface area contributed by atoms with Crippen LogP contribution in [-0.4, -0.2) is 67.2 Å². The first kappa shape index (κ1) is 16.8. The third-order valence-corrected chi connectivity index (χ3v) is 3.85. The Kier molecular flexibility index (Phi) is 6.78. The van der Waals surface area contributed by atoms with Crippen molar-refractivity contribution in [1.29, 1.82) is 0 Å². The molecule has 6 nitrogen and oxygen atoms in total. The minimum absolute atomic E-state index is 0.0532. The van der Waals surface area contributed by atoms with Crippen molar-refractivity contribution in [3.05, 3.63) is 0 Å². The number of carboxylic acid groups (broad SMARTS) is 1. The molecule has 6 heteroatoms. The fourth-order valence-electron chi connectivity index (χ4n) is 2.50. The summed E-state index contributed by atoms with van der Waals surface area (Å²) >= 11 is 0. The molecule has 0 unspecified atom stereocenters. The van der Waals surface area contributed by atoms with E-state index in [0.29, 0.717) is 12.8 Å². The van der Waals surface area contributed by atoms with Gasteiger partial charge in [-0.1, -0.05) is 0 Å². The molecular weight excluding hydrogens is 258 g/mol. The molecule has 1 aliphatic rings. The summed E-state index contributed by atoms with van der Waals surface area (Å²) in [6, 6.07) is 0.0666. The van der Waals surface area contributed by atoms with Gasteiger partial charge >= 0.3 is 12.0 Å². The van der Waals surface area contributed by atoms with Gasteiger partial charge in [-0.3, -0.25) is 4.79 Å². The van der Waals surface area contributed by atoms with Crippen molar-refractivity contribution in [3.8, 4) is 0 Å². The molecule has 116 valence electrons. The van der Waals surface area contributed by atoms with Gasteiger partial charge in [-0.25, -0.2) is 4.79 Å². The van der Waals surface area contributed by atoms with Gasteiger partial charge in [0.1, 0.15) is 0 Å². The summed E-state index contributed by atoms with van der Waals surface area (Å²) in [7, 11) is 5.83. The fourth-order valence-corrected chi connectivity index (χ4v) is 2.50. The Balaban J connectivity index is 2.23. The lowest BCUT2D eigenvalue weighted by Gasteiger charge is -2.29. The number of carboxylic acids is 1. The third kappa shape index (κ3) is 5.77. The maximum absolute atomic E-state index is 12.0. The van der Waals surface area contributed by atoms with Crippen LogP contribution in [-0.2, 0) is 4.79 Å². The van der Waals surface area contributed by atoms with E-state index in [9.17, 15) is 9.59 Å². The SMILES string of the molecule is CN(C)CCCN(C)C(=O)NC1CCC(C(=O)O)CC1. The predicted octanol–water partition coefficient (Wildman–Crippen LogP) is 1.22. The zero-order valence-electron chi connectivity index (χ0n) is 12.8. The van der Waals surface area contributed by atoms with Crippen LogP contribution >= 0.6 is 0 Å². The Morgan fingerprint density at radius 2 is 1.70 bits per heavy atom. The topological polar surface area (TPSA) is 72.9 Å². The summed E-state index contributed by atoms with van der Waals surface area (Å²) in [6.45, 7) is 1.69. The first-order valence-corrected chi connectivity index (χ1v) is 7.29. The second kappa shape index (κ2) is 8.09. The van der Waals surface area contributed by atoms with Crippen LogP contribution in [0.4, 0.5) is 4.79 Å². The molecule has 1 aliphatic carbocycles. The standard InChI is InChI=1S/C14H27N3O3/c1-16(2)9-4-10-17(3)14(20)15-12-7-5-11(6-8-12)13(18)19/h11-12H,4-10H2,1-3H3,(H,15,20)(H,18,19). The molecule has 0 radical (unpaired) electrons. The summed E-state index contributed by atoms with van der Waals surface area (Å²) in [6.07, 6.45) is 3.78. The van der Waals surface area contributed by atoms with E-state index in [0.717, 1.165) is 32.4 Å². The highest BCUT2D eigenvalue weighted by Gasteiger charge is 2.27. The Morgan fingerprint density at radius 3 is 2.20 bits per heavy atom. The molecule has 0 saturated heterocycles. The van der Waals surface area contributed by atoms with Crippen LogP contribution in [0, 0.1) is 5.92 Å². The number of aliphatic carboxylic acids is 1. The zero-order valence-corrected chi connectivity index (χ0v) is 12.8. The number of amides is 2. The van der Waals surface area contributed by atoms with Crippen molar-refractivity contribution in [2.45, 2.75) is 38.1 Å². The molecule has 0 aromatic carbocycles. The fraction of sp³-hybridized carbons (Fsp3) is 0.857. The molecule has 2 amide bonds. The largest absolute Gasteiger partial charge is 0.481 e. The van der Waals surface area contributed by atoms with E-state index in [1.807, 2.05) is 14.1 Å². The van der Waals surface area contributed by atoms with Gasteiger partial charge in [-0.05, 0) is 52.7 Å². The molecule has 0 bridgehead atoms. The zero-order chi connectivity index (χ0) is 15.1. The van der Waals surface area contributed by atoms with Crippen molar-refractivity contribution in [2.75, 3.05) is 34.2 Å². The number of urea groups is 1. The second-order valence-corrected chi connectivity index (χ2v) is 5.91. The molecule has 0 aromatic heterocycles. The monoisotopic (exact) mass is 285 g/mol. The Hall–Kier alpha value is -1.30. The van der Waals surface area contributed by atoms with Crippen LogP contribution in [0.1, 0.15) is 32.1 Å². The van der Waals surface area contributed by atoms with Gasteiger partial charge in [0, 0.05) is 19.6 Å². The molecule has 1 fully saturated rings. The van der Waals surface area contributed by atoms with Crippen molar-refractivity contribution < 1.29 is 14.7 Å². The number of hydrogen-bond donors (Lipinski definition) is 2. The Morgan fingerprint density at radius 1 is 1.10 bits per heavy atom. The molecule has 1 saturated carbocycles. The van der Waals surface area contributed by atoms with E-state index >= 15 is 0 Å². The van der Waals surface area contributed by atoms with Crippen molar-refractivity contribution in [2.24, 2.45) is 5.92 Å². The van der Waals surface area contributed by atoms with Gasteiger partial charge in [-0.2, -0.15) is 0 Å². The Bertz CT molecular complexity index is 326. The van der Waals surface area contributed by atoms with E-state index < -0.39 is 5.97 Å². The summed E-state index contributed by atoms with van der Waals surface area (Å²) in [5.41, 5.74) is 0. The van der Waals surface area contributed by atoms with Crippen molar-refractivity contribution >= 4 is 12.0 Å². The lowest BCUT2D eigenvalue weighted by molar-refractivity contribution is -0.142. The average Bonchev–Trinajstić information content (AvgIpc) is 2.38. The van der Waals surface area contributed by atoms with Crippen LogP contribution in [0.5, 0.6) is 0 Å². The minimum Gasteiger partial charge on any atom is -0.481 e. The van der Waals surface area contributed by atoms with E-state index in [4.69, 9.17) is 5.11 Å². The van der Waals surface area contributed by atoms with E-state index in [2.05, 4.69) is 10.2 Å². The number of nitrogens with zero attached hydrogens (tertiary/aromatic N) is 2. The summed E-state index contributed by atoms with van der Waals surface area (Å²) in [5.74, 6) is -0.948. The van der Waals surface area contributed by atoms with Crippen molar-refractivity contribution in [1.82, 2.24) is 15.1 Å². The lowest BCUT2D eigenvalue weighted by Crippen LogP contribution is -2.45. The molecule has 0 heterocycles. The molecule has 0 aliphatic heterocycles. The van der Waals surface area contributed by atoms with Gasteiger partial charge in [-0.15, -0.1) is 0 Å². The number of carbonyl (C=O) groups is 2. The van der Waals surface area contributed by atoms with Crippen LogP contribution in [0.15, 0.2) is 0 Å². The summed E-state index contributed by atoms with van der Waals surface area (Å²) < 4.78 is 0. The Labute approximate surface area is 121 Å². The molecule has 0 aromatic rings. The number of nitrogens with one attached hydrogen (secondary N) is 1. The first-order valence-electron chi connectivity index (χ1n) is 7.29. The highest BCUT2D eigenvalue weighted by atomic mass is 16.4. The first-order chi connectivity index (χ1) is 9.40. The lowest BCUT2D eigenvalue weighted by atomic mass is 9.86. The van der Waals surface area contributed by atoms with Crippen molar-refractivity contribution in [3.63, 3.8) is 0 Å². The summed E-state index contributed by atoms with van der Waals surface area (Å²) in [4.78, 5) is 26.6. The molecule has 2 N–H and O–H groups in total. The number of carbonyl (C=O) groups excluding carboxylic acids is 1. The maximum Gasteiger partial charge on any atom is 0.317 e. The smallest absolute Gasteiger partial charge is 0.317 e. The summed E-state index contributed by atoms with van der Waals surface area (Å²) in [5, 5.41) is 11.9. The van der Waals surface area contributed by atoms with E-state index in [-0.39, 0.29) is 18.0 Å². The van der Waals surface area contributed by atoms with Gasteiger partial charge in [0.05, 0.1) is 5.92 Å². The highest BCUT2D eigenvalue weighted by molar-refractivity contribution is 5.74. The van der Waals surface area contributed by atoms with Crippen LogP contribution < -0.4 is 5.32 Å². The molecular formula is C14H27N3O3. The van der Waals surface area contributed by atoms with Crippen LogP contribution in [0.3, 0.4) is 0 Å². The van der Waals surface area contributed by atoms with Gasteiger partial charge in [0.2, 0.25) is 0 Å². The molecule has 0 spiro atoms. The third-order valence-electron chi connectivity index (χ3n) is 3.85. The van der Waals surface area contributed by atoms with Gasteiger partial charge < -0.3 is 20.2 Å². The second-order valence-electron chi connectivity index (χ2n) is 5.91. The normalized spacial score (nSPS) is 22.6. The van der Waals surface area contributed by atoms with Crippen LogP contribution in [0.25, 0.3) is 0 Å². The predicted molar refractivity (Wildman–Crippen MR) is 77.7 cm³/mol. The molecule has 20 heavy (non-hydrogen) atoms. The minimum atomic E-state index is -0.712. The average molecular weight is 285 g/mol.